The normalized spacial score (nSPS) is 12.4. The molecular weight excluding hydrogens is 322 g/mol. The van der Waals surface area contributed by atoms with E-state index in [2.05, 4.69) is 26.6 Å². The highest BCUT2D eigenvalue weighted by Crippen LogP contribution is 2.14. The highest BCUT2D eigenvalue weighted by atomic mass is 79.9. The first-order valence-electron chi connectivity index (χ1n) is 6.14. The lowest BCUT2D eigenvalue weighted by Crippen LogP contribution is -2.28. The molecule has 0 radical (unpaired) electrons. The first kappa shape index (κ1) is 16.2. The summed E-state index contributed by atoms with van der Waals surface area (Å²) in [5.41, 5.74) is 0.563. The fraction of sp³-hybridized carbons (Fsp3) is 0.286. The molecule has 0 aliphatic rings. The third-order valence-electron chi connectivity index (χ3n) is 2.64. The molecule has 0 aromatic heterocycles. The Hall–Kier alpha value is -1.84. The van der Waals surface area contributed by atoms with Crippen molar-refractivity contribution in [2.45, 2.75) is 19.4 Å². The van der Waals surface area contributed by atoms with Crippen molar-refractivity contribution < 1.29 is 9.90 Å². The maximum Gasteiger partial charge on any atom is 0.267 e. The third-order valence-corrected chi connectivity index (χ3v) is 3.17. The van der Waals surface area contributed by atoms with Crippen molar-refractivity contribution in [2.75, 3.05) is 11.9 Å². The maximum atomic E-state index is 11.9. The van der Waals surface area contributed by atoms with Gasteiger partial charge in [-0.15, -0.1) is 0 Å². The minimum absolute atomic E-state index is 0.0418. The smallest absolute Gasteiger partial charge is 0.267 e. The number of carbonyl (C=O) groups is 1. The van der Waals surface area contributed by atoms with Gasteiger partial charge in [-0.2, -0.15) is 5.26 Å². The molecule has 1 aromatic carbocycles. The lowest BCUT2D eigenvalue weighted by atomic mass is 10.2. The van der Waals surface area contributed by atoms with E-state index in [9.17, 15) is 4.79 Å². The summed E-state index contributed by atoms with van der Waals surface area (Å²) in [5.74, 6) is -0.491. The second-order valence-electron chi connectivity index (χ2n) is 4.09. The summed E-state index contributed by atoms with van der Waals surface area (Å²) in [5, 5.41) is 23.5. The van der Waals surface area contributed by atoms with Crippen LogP contribution in [0.4, 0.5) is 5.69 Å². The molecule has 0 aliphatic heterocycles. The van der Waals surface area contributed by atoms with E-state index in [1.54, 1.807) is 24.3 Å². The molecule has 0 saturated heterocycles. The van der Waals surface area contributed by atoms with Crippen LogP contribution in [-0.4, -0.2) is 23.7 Å². The van der Waals surface area contributed by atoms with Gasteiger partial charge in [0.15, 0.2) is 0 Å². The molecule has 3 N–H and O–H groups in total. The number of nitriles is 1. The van der Waals surface area contributed by atoms with E-state index in [0.29, 0.717) is 12.1 Å². The number of aliphatic hydroxyl groups excluding tert-OH is 1. The number of anilines is 1. The molecule has 1 rings (SSSR count). The van der Waals surface area contributed by atoms with E-state index in [4.69, 9.17) is 10.4 Å². The fourth-order valence-corrected chi connectivity index (χ4v) is 1.65. The van der Waals surface area contributed by atoms with Crippen LogP contribution in [0.25, 0.3) is 0 Å². The number of aliphatic hydroxyl groups is 1. The Balaban J connectivity index is 2.70. The van der Waals surface area contributed by atoms with Crippen LogP contribution < -0.4 is 10.6 Å². The number of rotatable bonds is 6. The molecule has 1 amide bonds. The van der Waals surface area contributed by atoms with Crippen LogP contribution >= 0.6 is 15.9 Å². The van der Waals surface area contributed by atoms with Crippen LogP contribution in [0.15, 0.2) is 40.5 Å². The topological polar surface area (TPSA) is 85.2 Å². The molecule has 0 aliphatic carbocycles. The first-order chi connectivity index (χ1) is 9.60. The van der Waals surface area contributed by atoms with Crippen molar-refractivity contribution in [1.82, 2.24) is 5.32 Å². The second kappa shape index (κ2) is 8.35. The highest BCUT2D eigenvalue weighted by Gasteiger charge is 2.10. The zero-order valence-electron chi connectivity index (χ0n) is 11.1. The quantitative estimate of drug-likeness (QED) is 0.548. The number of benzene rings is 1. The summed E-state index contributed by atoms with van der Waals surface area (Å²) in [6.45, 7) is 1.84. The van der Waals surface area contributed by atoms with Crippen LogP contribution in [0, 0.1) is 11.3 Å². The molecule has 1 unspecified atom stereocenters. The van der Waals surface area contributed by atoms with Gasteiger partial charge in [0.2, 0.25) is 0 Å². The van der Waals surface area contributed by atoms with Crippen LogP contribution in [0.5, 0.6) is 0 Å². The Kier molecular flexibility index (Phi) is 6.77. The summed E-state index contributed by atoms with van der Waals surface area (Å²) in [6.07, 6.45) is 2.03. The summed E-state index contributed by atoms with van der Waals surface area (Å²) in [6, 6.07) is 8.71. The molecule has 0 spiro atoms. The van der Waals surface area contributed by atoms with Crippen LogP contribution in [0.1, 0.15) is 13.3 Å². The van der Waals surface area contributed by atoms with E-state index in [1.165, 1.54) is 6.20 Å². The molecule has 0 fully saturated rings. The van der Waals surface area contributed by atoms with Gasteiger partial charge in [-0.3, -0.25) is 4.79 Å². The minimum Gasteiger partial charge on any atom is -0.394 e. The number of nitrogens with zero attached hydrogens (tertiary/aromatic N) is 1. The van der Waals surface area contributed by atoms with Gasteiger partial charge in [0, 0.05) is 22.4 Å². The van der Waals surface area contributed by atoms with Gasteiger partial charge in [0.1, 0.15) is 11.6 Å². The number of hydrogen-bond acceptors (Lipinski definition) is 4. The molecular formula is C14H16BrN3O2. The Morgan fingerprint density at radius 3 is 2.65 bits per heavy atom. The number of carbonyl (C=O) groups excluding carboxylic acids is 1. The summed E-state index contributed by atoms with van der Waals surface area (Å²) < 4.78 is 0.905. The summed E-state index contributed by atoms with van der Waals surface area (Å²) >= 11 is 3.30. The lowest BCUT2D eigenvalue weighted by molar-refractivity contribution is -0.112. The maximum absolute atomic E-state index is 11.9. The Labute approximate surface area is 126 Å². The van der Waals surface area contributed by atoms with Crippen molar-refractivity contribution in [3.05, 3.63) is 40.5 Å². The molecule has 20 heavy (non-hydrogen) atoms. The predicted molar refractivity (Wildman–Crippen MR) is 80.8 cm³/mol. The number of nitrogens with one attached hydrogen (secondary N) is 2. The van der Waals surface area contributed by atoms with Crippen LogP contribution in [0.3, 0.4) is 0 Å². The molecule has 0 bridgehead atoms. The fourth-order valence-electron chi connectivity index (χ4n) is 1.38. The van der Waals surface area contributed by atoms with Crippen molar-refractivity contribution in [1.29, 1.82) is 5.26 Å². The van der Waals surface area contributed by atoms with Crippen molar-refractivity contribution >= 4 is 27.5 Å². The Morgan fingerprint density at radius 1 is 1.50 bits per heavy atom. The molecule has 1 atom stereocenters. The predicted octanol–water partition coefficient (Wildman–Crippen LogP) is 2.16. The Bertz CT molecular complexity index is 516. The lowest BCUT2D eigenvalue weighted by Gasteiger charge is -2.12. The van der Waals surface area contributed by atoms with Crippen molar-refractivity contribution in [3.63, 3.8) is 0 Å². The van der Waals surface area contributed by atoms with E-state index >= 15 is 0 Å². The highest BCUT2D eigenvalue weighted by molar-refractivity contribution is 9.10. The SMILES string of the molecule is CCC(CO)N/C=C(/C#N)C(=O)Nc1ccc(Br)cc1. The molecule has 0 heterocycles. The van der Waals surface area contributed by atoms with E-state index in [-0.39, 0.29) is 18.2 Å². The standard InChI is InChI=1S/C14H16BrN3O2/c1-2-12(9-19)17-8-10(7-16)14(20)18-13-5-3-11(15)4-6-13/h3-6,8,12,17,19H,2,9H2,1H3,(H,18,20)/b10-8-. The molecule has 0 saturated carbocycles. The summed E-state index contributed by atoms with van der Waals surface area (Å²) in [4.78, 5) is 11.9. The van der Waals surface area contributed by atoms with Crippen LogP contribution in [-0.2, 0) is 4.79 Å². The van der Waals surface area contributed by atoms with Gasteiger partial charge < -0.3 is 15.7 Å². The van der Waals surface area contributed by atoms with Gasteiger partial charge >= 0.3 is 0 Å². The van der Waals surface area contributed by atoms with Gasteiger partial charge in [-0.25, -0.2) is 0 Å². The number of halogens is 1. The second-order valence-corrected chi connectivity index (χ2v) is 5.00. The summed E-state index contributed by atoms with van der Waals surface area (Å²) in [7, 11) is 0. The minimum atomic E-state index is -0.491. The average molecular weight is 338 g/mol. The molecule has 1 aromatic rings. The molecule has 106 valence electrons. The van der Waals surface area contributed by atoms with Gasteiger partial charge in [-0.1, -0.05) is 22.9 Å². The zero-order valence-corrected chi connectivity index (χ0v) is 12.6. The Morgan fingerprint density at radius 2 is 2.15 bits per heavy atom. The van der Waals surface area contributed by atoms with Crippen LogP contribution in [0.2, 0.25) is 0 Å². The van der Waals surface area contributed by atoms with E-state index in [0.717, 1.165) is 4.47 Å². The average Bonchev–Trinajstić information content (AvgIpc) is 2.46. The monoisotopic (exact) mass is 337 g/mol. The van der Waals surface area contributed by atoms with E-state index < -0.39 is 5.91 Å². The van der Waals surface area contributed by atoms with E-state index in [1.807, 2.05) is 13.0 Å². The van der Waals surface area contributed by atoms with Gasteiger partial charge in [0.05, 0.1) is 6.61 Å². The third kappa shape index (κ3) is 5.03. The van der Waals surface area contributed by atoms with Crippen molar-refractivity contribution in [2.24, 2.45) is 0 Å². The zero-order chi connectivity index (χ0) is 15.0. The first-order valence-corrected chi connectivity index (χ1v) is 6.94. The number of hydrogen-bond donors (Lipinski definition) is 3. The number of amides is 1. The molecule has 6 heteroatoms. The molecule has 5 nitrogen and oxygen atoms in total. The van der Waals surface area contributed by atoms with Gasteiger partial charge in [0.25, 0.3) is 5.91 Å². The largest absolute Gasteiger partial charge is 0.394 e. The van der Waals surface area contributed by atoms with Crippen molar-refractivity contribution in [3.8, 4) is 6.07 Å². The van der Waals surface area contributed by atoms with Gasteiger partial charge in [-0.05, 0) is 30.7 Å².